The fraction of sp³-hybridized carbons (Fsp3) is 0.368. The number of rotatable bonds is 6. The first kappa shape index (κ1) is 16.0. The predicted molar refractivity (Wildman–Crippen MR) is 92.2 cm³/mol. The van der Waals surface area contributed by atoms with Crippen molar-refractivity contribution in [3.05, 3.63) is 58.7 Å². The molecule has 0 aliphatic rings. The van der Waals surface area contributed by atoms with Gasteiger partial charge in [-0.25, -0.2) is 0 Å². The van der Waals surface area contributed by atoms with Crippen molar-refractivity contribution in [3.8, 4) is 5.75 Å². The van der Waals surface area contributed by atoms with Crippen molar-refractivity contribution in [2.24, 2.45) is 0 Å². The van der Waals surface area contributed by atoms with Gasteiger partial charge in [-0.05, 0) is 61.1 Å². The lowest BCUT2D eigenvalue weighted by molar-refractivity contribution is 0.470. The first-order chi connectivity index (χ1) is 10.1. The molecular formula is C19H24OS. The molecule has 2 aromatic carbocycles. The van der Waals surface area contributed by atoms with Gasteiger partial charge in [0.15, 0.2) is 0 Å². The largest absolute Gasteiger partial charge is 0.508 e. The summed E-state index contributed by atoms with van der Waals surface area (Å²) >= 11 is 1.84. The molecular weight excluding hydrogens is 276 g/mol. The maximum absolute atomic E-state index is 9.70. The average molecular weight is 300 g/mol. The molecule has 0 fully saturated rings. The molecule has 0 aromatic heterocycles. The Bertz CT molecular complexity index is 587. The molecule has 0 atom stereocenters. The lowest BCUT2D eigenvalue weighted by Crippen LogP contribution is -1.88. The minimum atomic E-state index is 0.386. The van der Waals surface area contributed by atoms with Gasteiger partial charge in [-0.3, -0.25) is 0 Å². The number of phenols is 1. The molecule has 0 aliphatic heterocycles. The molecule has 0 heterocycles. The topological polar surface area (TPSA) is 20.2 Å². The van der Waals surface area contributed by atoms with Gasteiger partial charge in [0.25, 0.3) is 0 Å². The summed E-state index contributed by atoms with van der Waals surface area (Å²) in [6.45, 7) is 6.23. The van der Waals surface area contributed by atoms with Gasteiger partial charge in [0, 0.05) is 10.6 Å². The normalized spacial score (nSPS) is 10.8. The van der Waals surface area contributed by atoms with E-state index >= 15 is 0 Å². The van der Waals surface area contributed by atoms with E-state index in [9.17, 15) is 5.11 Å². The van der Waals surface area contributed by atoms with Gasteiger partial charge >= 0.3 is 0 Å². The van der Waals surface area contributed by atoms with Crippen molar-refractivity contribution in [2.45, 2.75) is 50.7 Å². The van der Waals surface area contributed by atoms with E-state index in [1.54, 1.807) is 0 Å². The Morgan fingerprint density at radius 3 is 2.29 bits per heavy atom. The maximum atomic E-state index is 9.70. The SMILES string of the molecule is CCCCc1ccc(CSc2cc(C)c(O)cc2C)cc1. The number of aryl methyl sites for hydroxylation is 3. The fourth-order valence-corrected chi connectivity index (χ4v) is 3.34. The number of unbranched alkanes of at least 4 members (excludes halogenated alkanes) is 1. The number of hydrogen-bond donors (Lipinski definition) is 1. The van der Waals surface area contributed by atoms with Crippen LogP contribution in [-0.4, -0.2) is 5.11 Å². The highest BCUT2D eigenvalue weighted by atomic mass is 32.2. The fourth-order valence-electron chi connectivity index (χ4n) is 2.27. The summed E-state index contributed by atoms with van der Waals surface area (Å²) in [5.74, 6) is 1.36. The molecule has 2 aromatic rings. The highest BCUT2D eigenvalue weighted by molar-refractivity contribution is 7.98. The van der Waals surface area contributed by atoms with Gasteiger partial charge in [0.2, 0.25) is 0 Å². The monoisotopic (exact) mass is 300 g/mol. The summed E-state index contributed by atoms with van der Waals surface area (Å²) in [4.78, 5) is 1.25. The summed E-state index contributed by atoms with van der Waals surface area (Å²) in [5, 5.41) is 9.70. The number of aromatic hydroxyl groups is 1. The van der Waals surface area contributed by atoms with Gasteiger partial charge in [-0.1, -0.05) is 37.6 Å². The third-order valence-electron chi connectivity index (χ3n) is 3.73. The maximum Gasteiger partial charge on any atom is 0.118 e. The second-order valence-corrected chi connectivity index (χ2v) is 6.63. The Labute approximate surface area is 132 Å². The molecule has 0 aliphatic carbocycles. The van der Waals surface area contributed by atoms with E-state index in [0.717, 1.165) is 16.9 Å². The van der Waals surface area contributed by atoms with Crippen LogP contribution in [-0.2, 0) is 12.2 Å². The molecule has 0 saturated heterocycles. The van der Waals surface area contributed by atoms with Gasteiger partial charge in [-0.2, -0.15) is 0 Å². The number of hydrogen-bond acceptors (Lipinski definition) is 2. The highest BCUT2D eigenvalue weighted by Gasteiger charge is 2.05. The van der Waals surface area contributed by atoms with Crippen LogP contribution in [0.5, 0.6) is 5.75 Å². The van der Waals surface area contributed by atoms with Gasteiger partial charge in [-0.15, -0.1) is 11.8 Å². The van der Waals surface area contributed by atoms with E-state index in [0.29, 0.717) is 5.75 Å². The summed E-state index contributed by atoms with van der Waals surface area (Å²) in [6.07, 6.45) is 3.69. The summed E-state index contributed by atoms with van der Waals surface area (Å²) in [5.41, 5.74) is 4.87. The minimum absolute atomic E-state index is 0.386. The second-order valence-electron chi connectivity index (χ2n) is 5.61. The summed E-state index contributed by atoms with van der Waals surface area (Å²) < 4.78 is 0. The van der Waals surface area contributed by atoms with Crippen molar-refractivity contribution >= 4 is 11.8 Å². The van der Waals surface area contributed by atoms with Crippen molar-refractivity contribution < 1.29 is 5.11 Å². The molecule has 0 saturated carbocycles. The standard InChI is InChI=1S/C19H24OS/c1-4-5-6-16-7-9-17(10-8-16)13-21-19-12-14(2)18(20)11-15(19)3/h7-12,20H,4-6,13H2,1-3H3. The Morgan fingerprint density at radius 2 is 1.62 bits per heavy atom. The number of thioether (sulfide) groups is 1. The van der Waals surface area contributed by atoms with Crippen molar-refractivity contribution in [3.63, 3.8) is 0 Å². The zero-order chi connectivity index (χ0) is 15.2. The average Bonchev–Trinajstić information content (AvgIpc) is 2.48. The lowest BCUT2D eigenvalue weighted by Gasteiger charge is -2.09. The van der Waals surface area contributed by atoms with Gasteiger partial charge in [0.05, 0.1) is 0 Å². The Balaban J connectivity index is 1.98. The van der Waals surface area contributed by atoms with E-state index in [2.05, 4.69) is 44.2 Å². The highest BCUT2D eigenvalue weighted by Crippen LogP contribution is 2.31. The minimum Gasteiger partial charge on any atom is -0.508 e. The quantitative estimate of drug-likeness (QED) is 0.696. The first-order valence-corrected chi connectivity index (χ1v) is 8.59. The third-order valence-corrected chi connectivity index (χ3v) is 4.96. The van der Waals surface area contributed by atoms with Gasteiger partial charge in [0.1, 0.15) is 5.75 Å². The molecule has 0 bridgehead atoms. The zero-order valence-electron chi connectivity index (χ0n) is 13.1. The van der Waals surface area contributed by atoms with E-state index in [-0.39, 0.29) is 0 Å². The van der Waals surface area contributed by atoms with E-state index in [4.69, 9.17) is 0 Å². The lowest BCUT2D eigenvalue weighted by atomic mass is 10.1. The Hall–Kier alpha value is -1.41. The zero-order valence-corrected chi connectivity index (χ0v) is 14.0. The number of phenolic OH excluding ortho intramolecular Hbond substituents is 1. The van der Waals surface area contributed by atoms with Gasteiger partial charge < -0.3 is 5.11 Å². The molecule has 0 spiro atoms. The molecule has 0 amide bonds. The van der Waals surface area contributed by atoms with Crippen LogP contribution in [0.1, 0.15) is 42.0 Å². The van der Waals surface area contributed by atoms with Crippen LogP contribution in [0, 0.1) is 13.8 Å². The Kier molecular flexibility index (Phi) is 5.75. The molecule has 0 radical (unpaired) electrons. The molecule has 1 nitrogen and oxygen atoms in total. The molecule has 112 valence electrons. The molecule has 2 heteroatoms. The van der Waals surface area contributed by atoms with E-state index in [1.165, 1.54) is 35.3 Å². The molecule has 2 rings (SSSR count). The summed E-state index contributed by atoms with van der Waals surface area (Å²) in [7, 11) is 0. The molecule has 0 unspecified atom stereocenters. The van der Waals surface area contributed by atoms with Crippen LogP contribution in [0.25, 0.3) is 0 Å². The van der Waals surface area contributed by atoms with Crippen LogP contribution >= 0.6 is 11.8 Å². The second kappa shape index (κ2) is 7.56. The molecule has 21 heavy (non-hydrogen) atoms. The van der Waals surface area contributed by atoms with Crippen molar-refractivity contribution in [1.29, 1.82) is 0 Å². The van der Waals surface area contributed by atoms with Crippen LogP contribution in [0.3, 0.4) is 0 Å². The van der Waals surface area contributed by atoms with Crippen molar-refractivity contribution in [2.75, 3.05) is 0 Å². The van der Waals surface area contributed by atoms with Crippen molar-refractivity contribution in [1.82, 2.24) is 0 Å². The number of benzene rings is 2. The molecule has 1 N–H and O–H groups in total. The third kappa shape index (κ3) is 4.53. The van der Waals surface area contributed by atoms with Crippen LogP contribution < -0.4 is 0 Å². The van der Waals surface area contributed by atoms with E-state index < -0.39 is 0 Å². The smallest absolute Gasteiger partial charge is 0.118 e. The Morgan fingerprint density at radius 1 is 0.952 bits per heavy atom. The first-order valence-electron chi connectivity index (χ1n) is 7.61. The summed E-state index contributed by atoms with van der Waals surface area (Å²) in [6, 6.07) is 12.9. The van der Waals surface area contributed by atoms with Crippen LogP contribution in [0.4, 0.5) is 0 Å². The predicted octanol–water partition coefficient (Wildman–Crippen LogP) is 5.64. The van der Waals surface area contributed by atoms with Crippen LogP contribution in [0.2, 0.25) is 0 Å². The van der Waals surface area contributed by atoms with E-state index in [1.807, 2.05) is 24.8 Å². The van der Waals surface area contributed by atoms with Crippen LogP contribution in [0.15, 0.2) is 41.3 Å².